The molecule has 7 nitrogen and oxygen atoms in total. The van der Waals surface area contributed by atoms with Crippen LogP contribution in [0, 0.1) is 0 Å². The van der Waals surface area contributed by atoms with E-state index in [-0.39, 0.29) is 25.5 Å². The lowest BCUT2D eigenvalue weighted by molar-refractivity contribution is -0.114. The first-order valence-electron chi connectivity index (χ1n) is 10.2. The third-order valence-electron chi connectivity index (χ3n) is 5.06. The van der Waals surface area contributed by atoms with Crippen LogP contribution in [-0.4, -0.2) is 25.4 Å². The number of carbonyl (C=O) groups is 1. The zero-order valence-corrected chi connectivity index (χ0v) is 21.0. The topological polar surface area (TPSA) is 88.5 Å². The average molecular weight is 536 g/mol. The number of thiazole rings is 1. The van der Waals surface area contributed by atoms with Gasteiger partial charge >= 0.3 is 4.87 Å². The summed E-state index contributed by atoms with van der Waals surface area (Å²) in [7, 11) is -4.13. The fourth-order valence-corrected chi connectivity index (χ4v) is 6.35. The van der Waals surface area contributed by atoms with Crippen molar-refractivity contribution in [2.45, 2.75) is 18.4 Å². The fourth-order valence-electron chi connectivity index (χ4n) is 3.47. The summed E-state index contributed by atoms with van der Waals surface area (Å²) < 4.78 is 30.2. The number of aryl methyl sites for hydroxylation is 1. The van der Waals surface area contributed by atoms with E-state index in [0.29, 0.717) is 12.2 Å². The summed E-state index contributed by atoms with van der Waals surface area (Å²) in [5.74, 6) is -0.586. The van der Waals surface area contributed by atoms with E-state index in [1.807, 2.05) is 6.92 Å². The Morgan fingerprint density at radius 2 is 1.79 bits per heavy atom. The highest BCUT2D eigenvalue weighted by atomic mass is 35.5. The third kappa shape index (κ3) is 4.83. The molecule has 1 N–H and O–H groups in total. The second kappa shape index (κ2) is 9.79. The molecule has 34 heavy (non-hydrogen) atoms. The number of nitrogens with zero attached hydrogens (tertiary/aromatic N) is 2. The largest absolute Gasteiger partial charge is 0.324 e. The minimum Gasteiger partial charge on any atom is -0.324 e. The molecule has 1 aromatic heterocycles. The number of rotatable bonds is 7. The molecule has 1 heterocycles. The molecule has 0 unspecified atom stereocenters. The summed E-state index contributed by atoms with van der Waals surface area (Å²) in [6.07, 6.45) is 0. The molecule has 3 aromatic carbocycles. The first-order chi connectivity index (χ1) is 16.2. The van der Waals surface area contributed by atoms with Gasteiger partial charge in [-0.05, 0) is 55.5 Å². The van der Waals surface area contributed by atoms with Gasteiger partial charge < -0.3 is 5.32 Å². The number of benzene rings is 3. The van der Waals surface area contributed by atoms with Crippen LogP contribution in [0.4, 0.5) is 11.4 Å². The van der Waals surface area contributed by atoms with E-state index in [0.717, 1.165) is 25.9 Å². The van der Waals surface area contributed by atoms with E-state index >= 15 is 0 Å². The summed E-state index contributed by atoms with van der Waals surface area (Å²) in [6.45, 7) is 1.88. The number of amides is 1. The SMILES string of the molecule is CCn1c(=O)sc2cc(NC(=O)CN(c3cc(Cl)ccc3Cl)S(=O)(=O)c3ccccc3)ccc21. The van der Waals surface area contributed by atoms with Gasteiger partial charge in [-0.3, -0.25) is 18.5 Å². The second-order valence-electron chi connectivity index (χ2n) is 7.26. The summed E-state index contributed by atoms with van der Waals surface area (Å²) in [6, 6.07) is 17.3. The minimum absolute atomic E-state index is 0.00550. The van der Waals surface area contributed by atoms with E-state index in [1.165, 1.54) is 30.3 Å². The molecule has 0 spiro atoms. The average Bonchev–Trinajstić information content (AvgIpc) is 3.13. The Kier molecular flexibility index (Phi) is 6.99. The first kappa shape index (κ1) is 24.3. The Balaban J connectivity index is 1.68. The molecule has 11 heteroatoms. The molecule has 176 valence electrons. The molecule has 0 aliphatic rings. The van der Waals surface area contributed by atoms with Crippen molar-refractivity contribution in [3.05, 3.63) is 86.4 Å². The lowest BCUT2D eigenvalue weighted by atomic mass is 10.3. The van der Waals surface area contributed by atoms with Gasteiger partial charge in [0, 0.05) is 17.3 Å². The number of nitrogens with one attached hydrogen (secondary N) is 1. The van der Waals surface area contributed by atoms with Crippen molar-refractivity contribution in [1.29, 1.82) is 0 Å². The van der Waals surface area contributed by atoms with Gasteiger partial charge in [-0.2, -0.15) is 0 Å². The molecule has 0 fully saturated rings. The van der Waals surface area contributed by atoms with Gasteiger partial charge in [0.1, 0.15) is 6.54 Å². The Labute approximate surface area is 210 Å². The quantitative estimate of drug-likeness (QED) is 0.351. The Morgan fingerprint density at radius 1 is 1.06 bits per heavy atom. The fraction of sp³-hybridized carbons (Fsp3) is 0.130. The second-order valence-corrected chi connectivity index (χ2v) is 11.0. The molecule has 4 rings (SSSR count). The molecule has 0 radical (unpaired) electrons. The summed E-state index contributed by atoms with van der Waals surface area (Å²) >= 11 is 13.5. The van der Waals surface area contributed by atoms with Crippen molar-refractivity contribution in [3.63, 3.8) is 0 Å². The van der Waals surface area contributed by atoms with Crippen molar-refractivity contribution in [1.82, 2.24) is 4.57 Å². The molecular formula is C23H19Cl2N3O4S2. The lowest BCUT2D eigenvalue weighted by Gasteiger charge is -2.25. The summed E-state index contributed by atoms with van der Waals surface area (Å²) in [4.78, 5) is 25.0. The van der Waals surface area contributed by atoms with Crippen LogP contribution in [0.1, 0.15) is 6.92 Å². The van der Waals surface area contributed by atoms with Crippen LogP contribution in [0.2, 0.25) is 10.0 Å². The molecular weight excluding hydrogens is 517 g/mol. The van der Waals surface area contributed by atoms with Gasteiger partial charge in [-0.25, -0.2) is 8.42 Å². The highest BCUT2D eigenvalue weighted by molar-refractivity contribution is 7.92. The molecule has 1 amide bonds. The molecule has 0 bridgehead atoms. The number of carbonyl (C=O) groups excluding carboxylic acids is 1. The van der Waals surface area contributed by atoms with Crippen LogP contribution in [0.5, 0.6) is 0 Å². The van der Waals surface area contributed by atoms with Crippen molar-refractivity contribution in [2.24, 2.45) is 0 Å². The highest BCUT2D eigenvalue weighted by Crippen LogP contribution is 2.33. The van der Waals surface area contributed by atoms with Gasteiger partial charge in [-0.1, -0.05) is 52.7 Å². The van der Waals surface area contributed by atoms with Crippen molar-refractivity contribution < 1.29 is 13.2 Å². The zero-order chi connectivity index (χ0) is 24.5. The number of hydrogen-bond donors (Lipinski definition) is 1. The summed E-state index contributed by atoms with van der Waals surface area (Å²) in [5.41, 5.74) is 1.30. The predicted octanol–water partition coefficient (Wildman–Crippen LogP) is 5.22. The van der Waals surface area contributed by atoms with E-state index in [4.69, 9.17) is 23.2 Å². The maximum Gasteiger partial charge on any atom is 0.308 e. The zero-order valence-electron chi connectivity index (χ0n) is 17.9. The van der Waals surface area contributed by atoms with Crippen LogP contribution >= 0.6 is 34.5 Å². The minimum atomic E-state index is -4.13. The third-order valence-corrected chi connectivity index (χ3v) is 8.33. The van der Waals surface area contributed by atoms with Crippen LogP contribution < -0.4 is 14.5 Å². The van der Waals surface area contributed by atoms with Gasteiger partial charge in [0.2, 0.25) is 5.91 Å². The number of sulfonamides is 1. The van der Waals surface area contributed by atoms with E-state index in [9.17, 15) is 18.0 Å². The normalized spacial score (nSPS) is 11.5. The number of fused-ring (bicyclic) bond motifs is 1. The first-order valence-corrected chi connectivity index (χ1v) is 13.2. The number of anilines is 2. The highest BCUT2D eigenvalue weighted by Gasteiger charge is 2.29. The maximum atomic E-state index is 13.4. The van der Waals surface area contributed by atoms with Crippen LogP contribution in [-0.2, 0) is 21.4 Å². The standard InChI is InChI=1S/C23H19Cl2N3O4S2/c1-2-27-19-11-9-16(13-21(19)33-23(27)30)26-22(29)14-28(20-12-15(24)8-10-18(20)25)34(31,32)17-6-4-3-5-7-17/h3-13H,2,14H2,1H3,(H,26,29). The lowest BCUT2D eigenvalue weighted by Crippen LogP contribution is -2.38. The predicted molar refractivity (Wildman–Crippen MR) is 138 cm³/mol. The maximum absolute atomic E-state index is 13.4. The van der Waals surface area contributed by atoms with E-state index in [1.54, 1.807) is 41.0 Å². The monoisotopic (exact) mass is 535 g/mol. The molecule has 0 saturated carbocycles. The van der Waals surface area contributed by atoms with Gasteiger partial charge in [0.25, 0.3) is 10.0 Å². The van der Waals surface area contributed by atoms with Crippen molar-refractivity contribution >= 4 is 72.1 Å². The molecule has 0 saturated heterocycles. The van der Waals surface area contributed by atoms with Crippen LogP contribution in [0.15, 0.2) is 76.4 Å². The van der Waals surface area contributed by atoms with Gasteiger partial charge in [0.15, 0.2) is 0 Å². The van der Waals surface area contributed by atoms with Crippen molar-refractivity contribution in [3.8, 4) is 0 Å². The molecule has 0 atom stereocenters. The smallest absolute Gasteiger partial charge is 0.308 e. The summed E-state index contributed by atoms with van der Waals surface area (Å²) in [5, 5.41) is 3.11. The Hall–Kier alpha value is -2.85. The van der Waals surface area contributed by atoms with Gasteiger partial charge in [0.05, 0.1) is 25.8 Å². The number of hydrogen-bond acceptors (Lipinski definition) is 5. The van der Waals surface area contributed by atoms with Crippen LogP contribution in [0.3, 0.4) is 0 Å². The Bertz CT molecular complexity index is 1530. The van der Waals surface area contributed by atoms with E-state index in [2.05, 4.69) is 5.32 Å². The van der Waals surface area contributed by atoms with Crippen molar-refractivity contribution in [2.75, 3.05) is 16.2 Å². The number of halogens is 2. The Morgan fingerprint density at radius 3 is 2.50 bits per heavy atom. The molecule has 0 aliphatic heterocycles. The van der Waals surface area contributed by atoms with Crippen LogP contribution in [0.25, 0.3) is 10.2 Å². The van der Waals surface area contributed by atoms with E-state index < -0.39 is 22.5 Å². The molecule has 4 aromatic rings. The molecule has 0 aliphatic carbocycles. The van der Waals surface area contributed by atoms with Gasteiger partial charge in [-0.15, -0.1) is 0 Å². The number of aromatic nitrogens is 1.